The van der Waals surface area contributed by atoms with Gasteiger partial charge in [-0.25, -0.2) is 9.59 Å². The highest BCUT2D eigenvalue weighted by molar-refractivity contribution is 6.18. The normalized spacial score (nSPS) is 10.9. The second-order valence-corrected chi connectivity index (χ2v) is 4.37. The number of nitro benzene ring substituents is 1. The summed E-state index contributed by atoms with van der Waals surface area (Å²) in [4.78, 5) is 35.4. The van der Waals surface area contributed by atoms with E-state index in [4.69, 9.17) is 5.11 Å². The molecule has 0 aliphatic heterocycles. The lowest BCUT2D eigenvalue weighted by molar-refractivity contribution is -0.384. The van der Waals surface area contributed by atoms with Crippen LogP contribution in [0.1, 0.15) is 21.0 Å². The number of carboxylic acids is 2. The first-order valence-electron chi connectivity index (χ1n) is 5.83. The third-order valence-electron chi connectivity index (χ3n) is 3.12. The van der Waals surface area contributed by atoms with Gasteiger partial charge in [0.1, 0.15) is 0 Å². The van der Waals surface area contributed by atoms with Gasteiger partial charge in [-0.05, 0) is 6.07 Å². The van der Waals surface area contributed by atoms with Gasteiger partial charge in [0.15, 0.2) is 11.4 Å². The van der Waals surface area contributed by atoms with Crippen LogP contribution >= 0.6 is 0 Å². The number of nitro groups is 1. The molecule has 0 radical (unpaired) electrons. The molecule has 1 aromatic carbocycles. The summed E-state index contributed by atoms with van der Waals surface area (Å²) in [7, 11) is 0. The minimum atomic E-state index is -1.41. The summed E-state index contributed by atoms with van der Waals surface area (Å²) in [6.07, 6.45) is 0. The van der Waals surface area contributed by atoms with Crippen LogP contribution in [0.25, 0.3) is 21.8 Å². The molecule has 22 heavy (non-hydrogen) atoms. The Morgan fingerprint density at radius 2 is 1.77 bits per heavy atom. The molecule has 2 aromatic heterocycles. The van der Waals surface area contributed by atoms with Crippen molar-refractivity contribution in [2.24, 2.45) is 0 Å². The molecule has 0 fully saturated rings. The molecule has 0 amide bonds. The molecule has 0 saturated heterocycles. The van der Waals surface area contributed by atoms with Crippen LogP contribution in [0.4, 0.5) is 5.69 Å². The highest BCUT2D eigenvalue weighted by atomic mass is 16.6. The fraction of sp³-hybridized carbons (Fsp3) is 0. The van der Waals surface area contributed by atoms with Crippen LogP contribution in [-0.4, -0.2) is 42.3 Å². The number of H-pyrrole nitrogens is 1. The lowest BCUT2D eigenvalue weighted by atomic mass is 10.1. The summed E-state index contributed by atoms with van der Waals surface area (Å²) in [5.41, 5.74) is -0.889. The number of nitrogens with zero attached hydrogens (tertiary/aromatic N) is 3. The van der Waals surface area contributed by atoms with Crippen molar-refractivity contribution in [1.29, 1.82) is 0 Å². The van der Waals surface area contributed by atoms with E-state index in [0.29, 0.717) is 5.52 Å². The highest BCUT2D eigenvalue weighted by Gasteiger charge is 2.23. The van der Waals surface area contributed by atoms with Crippen LogP contribution in [0, 0.1) is 10.1 Å². The Balaban J connectivity index is 2.53. The van der Waals surface area contributed by atoms with Crippen LogP contribution in [0.5, 0.6) is 0 Å². The first kappa shape index (κ1) is 13.4. The summed E-state index contributed by atoms with van der Waals surface area (Å²) in [5, 5.41) is 36.1. The third-order valence-corrected chi connectivity index (χ3v) is 3.12. The largest absolute Gasteiger partial charge is 0.476 e. The number of non-ortho nitro benzene ring substituents is 1. The molecule has 0 unspecified atom stereocenters. The molecule has 0 saturated carbocycles. The van der Waals surface area contributed by atoms with Crippen LogP contribution in [0.3, 0.4) is 0 Å². The molecule has 0 aliphatic rings. The fourth-order valence-corrected chi connectivity index (χ4v) is 2.22. The second-order valence-electron chi connectivity index (χ2n) is 4.37. The SMILES string of the molecule is O=C(O)c1nnc(C(=O)O)c2c1[nH]c1ccc([N+](=O)[O-])cc12. The Kier molecular flexibility index (Phi) is 2.73. The Morgan fingerprint density at radius 1 is 1.14 bits per heavy atom. The molecule has 2 heterocycles. The lowest BCUT2D eigenvalue weighted by Crippen LogP contribution is -2.09. The van der Waals surface area contributed by atoms with Crippen LogP contribution in [-0.2, 0) is 0 Å². The number of nitrogens with one attached hydrogen (secondary N) is 1. The van der Waals surface area contributed by atoms with Crippen LogP contribution < -0.4 is 0 Å². The monoisotopic (exact) mass is 302 g/mol. The Labute approximate surface area is 120 Å². The van der Waals surface area contributed by atoms with Crippen molar-refractivity contribution in [3.63, 3.8) is 0 Å². The molecule has 0 atom stereocenters. The minimum Gasteiger partial charge on any atom is -0.476 e. The number of aromatic carboxylic acids is 2. The molecule has 0 aliphatic carbocycles. The summed E-state index contributed by atoms with van der Waals surface area (Å²) in [6.45, 7) is 0. The Bertz CT molecular complexity index is 977. The maximum atomic E-state index is 11.3. The number of carboxylic acid groups (broad SMARTS) is 2. The van der Waals surface area contributed by atoms with E-state index < -0.39 is 28.2 Å². The number of fused-ring (bicyclic) bond motifs is 3. The van der Waals surface area contributed by atoms with Crippen molar-refractivity contribution in [3.05, 3.63) is 39.7 Å². The Hall–Kier alpha value is -3.56. The summed E-state index contributed by atoms with van der Waals surface area (Å²) >= 11 is 0. The second kappa shape index (κ2) is 4.48. The first-order chi connectivity index (χ1) is 10.4. The van der Waals surface area contributed by atoms with Gasteiger partial charge < -0.3 is 15.2 Å². The standard InChI is InChI=1S/C12H6N4O6/c17-11(18)9-7-5-3-4(16(21)22)1-2-6(5)13-8(7)10(12(19)20)15-14-9/h1-3,13H,(H,17,18)(H,19,20). The van der Waals surface area contributed by atoms with E-state index in [2.05, 4.69) is 15.2 Å². The summed E-state index contributed by atoms with van der Waals surface area (Å²) in [6, 6.07) is 3.75. The number of carbonyl (C=O) groups is 2. The number of rotatable bonds is 3. The molecule has 110 valence electrons. The number of benzene rings is 1. The van der Waals surface area contributed by atoms with E-state index in [-0.39, 0.29) is 22.0 Å². The van der Waals surface area contributed by atoms with E-state index in [0.717, 1.165) is 6.07 Å². The maximum Gasteiger partial charge on any atom is 0.358 e. The number of aromatic amines is 1. The predicted molar refractivity (Wildman–Crippen MR) is 72.0 cm³/mol. The number of aromatic nitrogens is 3. The smallest absolute Gasteiger partial charge is 0.358 e. The van der Waals surface area contributed by atoms with Gasteiger partial charge in [0.25, 0.3) is 5.69 Å². The topological polar surface area (TPSA) is 159 Å². The van der Waals surface area contributed by atoms with Gasteiger partial charge in [0, 0.05) is 28.4 Å². The molecule has 0 bridgehead atoms. The van der Waals surface area contributed by atoms with Gasteiger partial charge >= 0.3 is 11.9 Å². The first-order valence-corrected chi connectivity index (χ1v) is 5.83. The predicted octanol–water partition coefficient (Wildman–Crippen LogP) is 1.42. The average molecular weight is 302 g/mol. The molecule has 10 heteroatoms. The van der Waals surface area contributed by atoms with Gasteiger partial charge in [0.2, 0.25) is 0 Å². The minimum absolute atomic E-state index is 0.0291. The van der Waals surface area contributed by atoms with Crippen molar-refractivity contribution in [2.45, 2.75) is 0 Å². The quantitative estimate of drug-likeness (QED) is 0.483. The van der Waals surface area contributed by atoms with Gasteiger partial charge in [-0.3, -0.25) is 10.1 Å². The van der Waals surface area contributed by atoms with Gasteiger partial charge in [-0.2, -0.15) is 0 Å². The van der Waals surface area contributed by atoms with E-state index in [9.17, 15) is 24.8 Å². The Morgan fingerprint density at radius 3 is 2.36 bits per heavy atom. The van der Waals surface area contributed by atoms with Crippen molar-refractivity contribution in [1.82, 2.24) is 15.2 Å². The molecule has 0 spiro atoms. The zero-order chi connectivity index (χ0) is 16.0. The maximum absolute atomic E-state index is 11.3. The summed E-state index contributed by atoms with van der Waals surface area (Å²) in [5.74, 6) is -2.81. The van der Waals surface area contributed by atoms with E-state index in [1.54, 1.807) is 0 Å². The van der Waals surface area contributed by atoms with E-state index in [1.165, 1.54) is 12.1 Å². The lowest BCUT2D eigenvalue weighted by Gasteiger charge is -1.99. The zero-order valence-electron chi connectivity index (χ0n) is 10.6. The molecule has 3 rings (SSSR count). The van der Waals surface area contributed by atoms with Crippen LogP contribution in [0.2, 0.25) is 0 Å². The molecule has 3 aromatic rings. The molecular formula is C12H6N4O6. The van der Waals surface area contributed by atoms with Crippen molar-refractivity contribution in [3.8, 4) is 0 Å². The third kappa shape index (κ3) is 1.82. The van der Waals surface area contributed by atoms with Gasteiger partial charge in [-0.15, -0.1) is 10.2 Å². The van der Waals surface area contributed by atoms with E-state index >= 15 is 0 Å². The van der Waals surface area contributed by atoms with Gasteiger partial charge in [0.05, 0.1) is 10.4 Å². The van der Waals surface area contributed by atoms with E-state index in [1.807, 2.05) is 0 Å². The number of hydrogen-bond acceptors (Lipinski definition) is 6. The highest BCUT2D eigenvalue weighted by Crippen LogP contribution is 2.31. The molecule has 3 N–H and O–H groups in total. The molecule has 10 nitrogen and oxygen atoms in total. The van der Waals surface area contributed by atoms with Crippen molar-refractivity contribution in [2.75, 3.05) is 0 Å². The zero-order valence-corrected chi connectivity index (χ0v) is 10.6. The van der Waals surface area contributed by atoms with Crippen molar-refractivity contribution >= 4 is 39.4 Å². The van der Waals surface area contributed by atoms with Gasteiger partial charge in [-0.1, -0.05) is 0 Å². The number of hydrogen-bond donors (Lipinski definition) is 3. The molecular weight excluding hydrogens is 296 g/mol. The van der Waals surface area contributed by atoms with Crippen molar-refractivity contribution < 1.29 is 24.7 Å². The average Bonchev–Trinajstić information content (AvgIpc) is 2.83. The fourth-order valence-electron chi connectivity index (χ4n) is 2.22. The summed E-state index contributed by atoms with van der Waals surface area (Å²) < 4.78 is 0. The van der Waals surface area contributed by atoms with Crippen LogP contribution in [0.15, 0.2) is 18.2 Å².